The van der Waals surface area contributed by atoms with Crippen LogP contribution >= 0.6 is 0 Å². The van der Waals surface area contributed by atoms with Gasteiger partial charge < -0.3 is 14.8 Å². The maximum absolute atomic E-state index is 10.7. The van der Waals surface area contributed by atoms with Gasteiger partial charge in [0.25, 0.3) is 0 Å². The number of hydrogen-bond donors (Lipinski definition) is 2. The van der Waals surface area contributed by atoms with Crippen molar-refractivity contribution in [3.8, 4) is 0 Å². The number of alkyl carbamates (subject to hydrolysis) is 1. The second-order valence-electron chi connectivity index (χ2n) is 4.83. The van der Waals surface area contributed by atoms with Crippen LogP contribution in [0.4, 0.5) is 4.79 Å². The minimum absolute atomic E-state index is 0.0466. The van der Waals surface area contributed by atoms with Crippen molar-refractivity contribution >= 4 is 11.9 Å². The van der Waals surface area contributed by atoms with Gasteiger partial charge in [0.05, 0.1) is 19.8 Å². The van der Waals surface area contributed by atoms with Crippen LogP contribution in [-0.4, -0.2) is 49.6 Å². The van der Waals surface area contributed by atoms with Gasteiger partial charge >= 0.3 is 6.09 Å². The third-order valence-corrected chi connectivity index (χ3v) is 1.95. The van der Waals surface area contributed by atoms with E-state index in [4.69, 9.17) is 14.7 Å². The van der Waals surface area contributed by atoms with Gasteiger partial charge in [-0.15, -0.1) is 0 Å². The Bertz CT molecular complexity index is 269. The molecular formula is C15H33NO6. The van der Waals surface area contributed by atoms with Crippen LogP contribution in [0.1, 0.15) is 54.4 Å². The Labute approximate surface area is 134 Å². The number of hydrogen-bond acceptors (Lipinski definition) is 6. The molecule has 2 N–H and O–H groups in total. The molecular weight excluding hydrogens is 290 g/mol. The Hall–Kier alpha value is -1.18. The summed E-state index contributed by atoms with van der Waals surface area (Å²) in [5.41, 5.74) is -0.575. The highest BCUT2D eigenvalue weighted by Gasteiger charge is 2.17. The molecule has 0 aliphatic rings. The molecule has 7 heteroatoms. The smallest absolute Gasteiger partial charge is 0.407 e. The largest absolute Gasteiger partial charge is 0.450 e. The average molecular weight is 323 g/mol. The molecule has 134 valence electrons. The van der Waals surface area contributed by atoms with Crippen molar-refractivity contribution in [2.75, 3.05) is 26.9 Å². The minimum Gasteiger partial charge on any atom is -0.450 e. The summed E-state index contributed by atoms with van der Waals surface area (Å²) in [4.78, 5) is 25.2. The number of carbonyl (C=O) groups excluding carboxylic acids is 2. The van der Waals surface area contributed by atoms with Crippen LogP contribution in [0.3, 0.4) is 0 Å². The molecule has 1 amide bonds. The Morgan fingerprint density at radius 2 is 1.77 bits per heavy atom. The fraction of sp³-hybridized carbons (Fsp3) is 0.867. The molecule has 22 heavy (non-hydrogen) atoms. The third kappa shape index (κ3) is 23.9. The number of amides is 1. The summed E-state index contributed by atoms with van der Waals surface area (Å²) in [6.07, 6.45) is 1.33. The predicted octanol–water partition coefficient (Wildman–Crippen LogP) is 3.03. The molecule has 0 aliphatic carbocycles. The lowest BCUT2D eigenvalue weighted by molar-refractivity contribution is -0.320. The van der Waals surface area contributed by atoms with Crippen LogP contribution in [-0.2, 0) is 19.2 Å². The molecule has 0 aliphatic heterocycles. The molecule has 0 rings (SSSR count). The number of Topliss-reactive ketones (excluding diaryl/α,β-unsaturated/α-hetero) is 1. The lowest BCUT2D eigenvalue weighted by Crippen LogP contribution is -2.29. The van der Waals surface area contributed by atoms with Crippen LogP contribution in [0.25, 0.3) is 0 Å². The molecule has 0 atom stereocenters. The SMILES string of the molecule is CC.CCCCOC(=O)NCC(C)=O.COCC(C)(C)OO. The van der Waals surface area contributed by atoms with E-state index in [0.717, 1.165) is 12.8 Å². The molecule has 0 bridgehead atoms. The minimum atomic E-state index is -0.575. The zero-order valence-electron chi connectivity index (χ0n) is 15.0. The molecule has 0 saturated heterocycles. The van der Waals surface area contributed by atoms with Crippen molar-refractivity contribution < 1.29 is 29.2 Å². The number of carbonyl (C=O) groups is 2. The van der Waals surface area contributed by atoms with Gasteiger partial charge in [0, 0.05) is 7.11 Å². The highest BCUT2D eigenvalue weighted by Crippen LogP contribution is 2.05. The zero-order valence-corrected chi connectivity index (χ0v) is 15.0. The molecule has 0 unspecified atom stereocenters. The normalized spacial score (nSPS) is 9.64. The van der Waals surface area contributed by atoms with Crippen molar-refractivity contribution in [3.05, 3.63) is 0 Å². The van der Waals surface area contributed by atoms with Gasteiger partial charge in [0.1, 0.15) is 11.4 Å². The van der Waals surface area contributed by atoms with E-state index in [1.165, 1.54) is 6.92 Å². The van der Waals surface area contributed by atoms with E-state index in [1.54, 1.807) is 21.0 Å². The maximum Gasteiger partial charge on any atom is 0.407 e. The van der Waals surface area contributed by atoms with Gasteiger partial charge in [-0.25, -0.2) is 9.68 Å². The van der Waals surface area contributed by atoms with Crippen LogP contribution in [0.2, 0.25) is 0 Å². The Kier molecular flexibility index (Phi) is 20.9. The molecule has 0 saturated carbocycles. The highest BCUT2D eigenvalue weighted by molar-refractivity contribution is 5.81. The molecule has 0 spiro atoms. The van der Waals surface area contributed by atoms with E-state index in [1.807, 2.05) is 20.8 Å². The molecule has 0 aromatic carbocycles. The van der Waals surface area contributed by atoms with Crippen LogP contribution in [0, 0.1) is 0 Å². The number of unbranched alkanes of at least 4 members (excludes halogenated alkanes) is 1. The first-order valence-corrected chi connectivity index (χ1v) is 7.50. The van der Waals surface area contributed by atoms with Gasteiger partial charge in [-0.2, -0.15) is 0 Å². The first kappa shape index (κ1) is 25.8. The van der Waals surface area contributed by atoms with E-state index in [0.29, 0.717) is 13.2 Å². The van der Waals surface area contributed by atoms with E-state index in [-0.39, 0.29) is 12.3 Å². The van der Waals surface area contributed by atoms with Crippen molar-refractivity contribution in [2.24, 2.45) is 0 Å². The first-order valence-electron chi connectivity index (χ1n) is 7.50. The lowest BCUT2D eigenvalue weighted by Gasteiger charge is -2.17. The van der Waals surface area contributed by atoms with Crippen LogP contribution in [0.15, 0.2) is 0 Å². The summed E-state index contributed by atoms with van der Waals surface area (Å²) in [5, 5.41) is 10.5. The molecule has 0 radical (unpaired) electrons. The molecule has 0 fully saturated rings. The summed E-state index contributed by atoms with van der Waals surface area (Å²) in [6, 6.07) is 0. The fourth-order valence-electron chi connectivity index (χ4n) is 0.931. The average Bonchev–Trinajstić information content (AvgIpc) is 2.48. The van der Waals surface area contributed by atoms with Gasteiger partial charge in [-0.3, -0.25) is 10.1 Å². The Balaban J connectivity index is -0.000000313. The topological polar surface area (TPSA) is 94.1 Å². The summed E-state index contributed by atoms with van der Waals surface area (Å²) in [7, 11) is 1.56. The van der Waals surface area contributed by atoms with Crippen LogP contribution < -0.4 is 5.32 Å². The summed E-state index contributed by atoms with van der Waals surface area (Å²) in [6.45, 7) is 11.7. The number of methoxy groups -OCH3 is 1. The predicted molar refractivity (Wildman–Crippen MR) is 86.0 cm³/mol. The summed E-state index contributed by atoms with van der Waals surface area (Å²) in [5.74, 6) is -0.0811. The van der Waals surface area contributed by atoms with Crippen LogP contribution in [0.5, 0.6) is 0 Å². The zero-order chi connectivity index (χ0) is 18.0. The van der Waals surface area contributed by atoms with Gasteiger partial charge in [0.15, 0.2) is 0 Å². The number of rotatable bonds is 8. The molecule has 0 aromatic heterocycles. The third-order valence-electron chi connectivity index (χ3n) is 1.95. The van der Waals surface area contributed by atoms with Crippen molar-refractivity contribution in [3.63, 3.8) is 0 Å². The standard InChI is InChI=1S/C8H15NO3.C5H12O3.C2H6/c1-3-4-5-12-8(11)9-6-7(2)10;1-5(2,8-6)4-7-3;1-2/h3-6H2,1-2H3,(H,9,11);6H,4H2,1-3H3;1-2H3. The summed E-state index contributed by atoms with van der Waals surface area (Å²) < 4.78 is 9.44. The van der Waals surface area contributed by atoms with Gasteiger partial charge in [-0.05, 0) is 27.2 Å². The Morgan fingerprint density at radius 3 is 2.09 bits per heavy atom. The Morgan fingerprint density at radius 1 is 1.23 bits per heavy atom. The quantitative estimate of drug-likeness (QED) is 0.405. The fourth-order valence-corrected chi connectivity index (χ4v) is 0.931. The van der Waals surface area contributed by atoms with E-state index in [2.05, 4.69) is 10.2 Å². The van der Waals surface area contributed by atoms with E-state index >= 15 is 0 Å². The first-order chi connectivity index (χ1) is 10.3. The second kappa shape index (κ2) is 17.9. The maximum atomic E-state index is 10.7. The number of ether oxygens (including phenoxy) is 2. The van der Waals surface area contributed by atoms with Gasteiger partial charge in [0.2, 0.25) is 0 Å². The van der Waals surface area contributed by atoms with E-state index in [9.17, 15) is 9.59 Å². The van der Waals surface area contributed by atoms with Gasteiger partial charge in [-0.1, -0.05) is 27.2 Å². The van der Waals surface area contributed by atoms with Crippen molar-refractivity contribution in [1.82, 2.24) is 5.32 Å². The van der Waals surface area contributed by atoms with E-state index < -0.39 is 11.7 Å². The second-order valence-corrected chi connectivity index (χ2v) is 4.83. The molecule has 0 aromatic rings. The number of ketones is 1. The molecule has 7 nitrogen and oxygen atoms in total. The highest BCUT2D eigenvalue weighted by atomic mass is 17.1. The molecule has 0 heterocycles. The lowest BCUT2D eigenvalue weighted by atomic mass is 10.2. The van der Waals surface area contributed by atoms with Crippen molar-refractivity contribution in [2.45, 2.75) is 60.0 Å². The van der Waals surface area contributed by atoms with Crippen molar-refractivity contribution in [1.29, 1.82) is 0 Å². The number of nitrogens with one attached hydrogen (secondary N) is 1. The monoisotopic (exact) mass is 323 g/mol. The summed E-state index contributed by atoms with van der Waals surface area (Å²) >= 11 is 0.